The topological polar surface area (TPSA) is 97.0 Å². The van der Waals surface area contributed by atoms with Crippen LogP contribution in [-0.2, 0) is 14.3 Å². The summed E-state index contributed by atoms with van der Waals surface area (Å²) in [4.78, 5) is 38.3. The molecule has 8 nitrogen and oxygen atoms in total. The van der Waals surface area contributed by atoms with E-state index in [-0.39, 0.29) is 42.2 Å². The number of hydrogen-bond donors (Lipinski definition) is 2. The molecule has 0 aliphatic rings. The first-order valence-electron chi connectivity index (χ1n) is 9.69. The average molecular weight is 492 g/mol. The smallest absolute Gasteiger partial charge is 0.262 e. The lowest BCUT2D eigenvalue weighted by Gasteiger charge is -2.19. The molecule has 0 fully saturated rings. The minimum absolute atomic E-state index is 0.0931. The third-order valence-electron chi connectivity index (χ3n) is 4.18. The second-order valence-corrected chi connectivity index (χ2v) is 7.61. The summed E-state index contributed by atoms with van der Waals surface area (Å²) in [5.41, 5.74) is 0.908. The van der Waals surface area contributed by atoms with Crippen LogP contribution in [0.1, 0.15) is 16.8 Å². The van der Waals surface area contributed by atoms with Gasteiger partial charge in [-0.1, -0.05) is 28.1 Å². The van der Waals surface area contributed by atoms with Gasteiger partial charge in [0.05, 0.1) is 12.1 Å². The summed E-state index contributed by atoms with van der Waals surface area (Å²) in [5, 5.41) is 5.46. The van der Waals surface area contributed by atoms with Crippen molar-refractivity contribution in [3.8, 4) is 5.75 Å². The number of anilines is 1. The minimum atomic E-state index is -0.379. The van der Waals surface area contributed by atoms with Gasteiger partial charge in [0.2, 0.25) is 5.91 Å². The van der Waals surface area contributed by atoms with Crippen molar-refractivity contribution in [2.45, 2.75) is 6.42 Å². The van der Waals surface area contributed by atoms with Gasteiger partial charge in [-0.25, -0.2) is 0 Å². The van der Waals surface area contributed by atoms with Crippen LogP contribution in [0.15, 0.2) is 53.0 Å². The molecule has 2 N–H and O–H groups in total. The van der Waals surface area contributed by atoms with Crippen LogP contribution in [-0.4, -0.2) is 63.1 Å². The van der Waals surface area contributed by atoms with Crippen LogP contribution in [0.25, 0.3) is 0 Å². The molecule has 0 unspecified atom stereocenters. The normalized spacial score (nSPS) is 10.3. The van der Waals surface area contributed by atoms with E-state index in [2.05, 4.69) is 26.6 Å². The number of ether oxygens (including phenoxy) is 2. The molecular formula is C22H26BrN3O5. The second kappa shape index (κ2) is 12.7. The highest BCUT2D eigenvalue weighted by atomic mass is 79.9. The van der Waals surface area contributed by atoms with Gasteiger partial charge in [0, 0.05) is 37.5 Å². The molecule has 2 rings (SSSR count). The Hall–Kier alpha value is -2.91. The number of amides is 3. The fourth-order valence-corrected chi connectivity index (χ4v) is 2.90. The molecule has 0 bridgehead atoms. The van der Waals surface area contributed by atoms with Crippen molar-refractivity contribution >= 4 is 39.3 Å². The third-order valence-corrected chi connectivity index (χ3v) is 4.71. The zero-order chi connectivity index (χ0) is 22.6. The molecule has 0 spiro atoms. The van der Waals surface area contributed by atoms with E-state index in [4.69, 9.17) is 9.47 Å². The lowest BCUT2D eigenvalue weighted by Crippen LogP contribution is -2.39. The predicted octanol–water partition coefficient (Wildman–Crippen LogP) is 2.69. The van der Waals surface area contributed by atoms with Crippen LogP contribution < -0.4 is 15.4 Å². The number of carbonyl (C=O) groups is 3. The van der Waals surface area contributed by atoms with Crippen molar-refractivity contribution in [2.24, 2.45) is 0 Å². The first-order valence-corrected chi connectivity index (χ1v) is 10.5. The number of hydrogen-bond acceptors (Lipinski definition) is 5. The molecule has 3 amide bonds. The van der Waals surface area contributed by atoms with Gasteiger partial charge in [-0.05, 0) is 42.8 Å². The highest BCUT2D eigenvalue weighted by Gasteiger charge is 2.19. The van der Waals surface area contributed by atoms with Gasteiger partial charge >= 0.3 is 0 Å². The van der Waals surface area contributed by atoms with Crippen LogP contribution in [0.2, 0.25) is 0 Å². The summed E-state index contributed by atoms with van der Waals surface area (Å²) < 4.78 is 11.4. The van der Waals surface area contributed by atoms with Gasteiger partial charge in [-0.15, -0.1) is 0 Å². The van der Waals surface area contributed by atoms with E-state index in [1.54, 1.807) is 43.5 Å². The Morgan fingerprint density at radius 1 is 1.03 bits per heavy atom. The Balaban J connectivity index is 1.91. The van der Waals surface area contributed by atoms with Gasteiger partial charge < -0.3 is 25.0 Å². The first kappa shape index (κ1) is 24.4. The predicted molar refractivity (Wildman–Crippen MR) is 121 cm³/mol. The molecule has 0 saturated carbocycles. The van der Waals surface area contributed by atoms with E-state index in [0.717, 1.165) is 4.47 Å². The van der Waals surface area contributed by atoms with E-state index >= 15 is 0 Å². The SMILES string of the molecule is COCCCNC(=O)CN(C)C(=O)c1ccccc1OCC(=O)Nc1ccc(Br)cc1. The Labute approximate surface area is 190 Å². The zero-order valence-electron chi connectivity index (χ0n) is 17.5. The second-order valence-electron chi connectivity index (χ2n) is 6.70. The largest absolute Gasteiger partial charge is 0.483 e. The number of likely N-dealkylation sites (N-methyl/N-ethyl adjacent to an activating group) is 1. The lowest BCUT2D eigenvalue weighted by atomic mass is 10.1. The van der Waals surface area contributed by atoms with Crippen molar-refractivity contribution < 1.29 is 23.9 Å². The molecule has 0 aliphatic heterocycles. The monoisotopic (exact) mass is 491 g/mol. The lowest BCUT2D eigenvalue weighted by molar-refractivity contribution is -0.121. The molecule has 0 radical (unpaired) electrons. The number of methoxy groups -OCH3 is 1. The van der Waals surface area contributed by atoms with E-state index in [1.807, 2.05) is 12.1 Å². The molecule has 0 heterocycles. The van der Waals surface area contributed by atoms with Gasteiger partial charge in [0.15, 0.2) is 6.61 Å². The number of nitrogens with one attached hydrogen (secondary N) is 2. The number of rotatable bonds is 11. The highest BCUT2D eigenvalue weighted by molar-refractivity contribution is 9.10. The molecule has 0 aromatic heterocycles. The number of para-hydroxylation sites is 1. The van der Waals surface area contributed by atoms with E-state index in [1.165, 1.54) is 11.9 Å². The van der Waals surface area contributed by atoms with E-state index in [0.29, 0.717) is 25.3 Å². The summed E-state index contributed by atoms with van der Waals surface area (Å²) in [6.07, 6.45) is 0.693. The van der Waals surface area contributed by atoms with Crippen LogP contribution in [0.3, 0.4) is 0 Å². The molecule has 0 atom stereocenters. The Morgan fingerprint density at radius 3 is 2.45 bits per heavy atom. The number of nitrogens with zero attached hydrogens (tertiary/aromatic N) is 1. The Kier molecular flexibility index (Phi) is 9.99. The summed E-state index contributed by atoms with van der Waals surface area (Å²) in [6, 6.07) is 13.8. The molecule has 166 valence electrons. The molecule has 31 heavy (non-hydrogen) atoms. The summed E-state index contributed by atoms with van der Waals surface area (Å²) in [6.45, 7) is 0.672. The van der Waals surface area contributed by atoms with Crippen molar-refractivity contribution in [3.05, 3.63) is 58.6 Å². The van der Waals surface area contributed by atoms with Gasteiger partial charge in [0.1, 0.15) is 5.75 Å². The van der Waals surface area contributed by atoms with Crippen LogP contribution in [0, 0.1) is 0 Å². The van der Waals surface area contributed by atoms with Crippen molar-refractivity contribution in [2.75, 3.05) is 45.8 Å². The van der Waals surface area contributed by atoms with E-state index < -0.39 is 0 Å². The van der Waals surface area contributed by atoms with Gasteiger partial charge in [0.25, 0.3) is 11.8 Å². The fraction of sp³-hybridized carbons (Fsp3) is 0.318. The van der Waals surface area contributed by atoms with Gasteiger partial charge in [-0.3, -0.25) is 14.4 Å². The maximum Gasteiger partial charge on any atom is 0.262 e. The molecule has 0 saturated heterocycles. The third kappa shape index (κ3) is 8.39. The van der Waals surface area contributed by atoms with Crippen molar-refractivity contribution in [1.29, 1.82) is 0 Å². The van der Waals surface area contributed by atoms with E-state index in [9.17, 15) is 14.4 Å². The first-order chi connectivity index (χ1) is 14.9. The summed E-state index contributed by atoms with van der Waals surface area (Å²) in [5.74, 6) is -0.727. The molecule has 2 aromatic carbocycles. The highest BCUT2D eigenvalue weighted by Crippen LogP contribution is 2.20. The van der Waals surface area contributed by atoms with Crippen LogP contribution in [0.4, 0.5) is 5.69 Å². The molecule has 9 heteroatoms. The number of halogens is 1. The Morgan fingerprint density at radius 2 is 1.74 bits per heavy atom. The van der Waals surface area contributed by atoms with Gasteiger partial charge in [-0.2, -0.15) is 0 Å². The molecule has 0 aliphatic carbocycles. The molecular weight excluding hydrogens is 466 g/mol. The summed E-state index contributed by atoms with van der Waals surface area (Å²) in [7, 11) is 3.13. The maximum atomic E-state index is 12.8. The van der Waals surface area contributed by atoms with Crippen LogP contribution >= 0.6 is 15.9 Å². The van der Waals surface area contributed by atoms with Crippen molar-refractivity contribution in [1.82, 2.24) is 10.2 Å². The quantitative estimate of drug-likeness (QED) is 0.471. The zero-order valence-corrected chi connectivity index (χ0v) is 19.1. The number of benzene rings is 2. The van der Waals surface area contributed by atoms with Crippen molar-refractivity contribution in [3.63, 3.8) is 0 Å². The average Bonchev–Trinajstić information content (AvgIpc) is 2.76. The Bertz CT molecular complexity index is 889. The summed E-state index contributed by atoms with van der Waals surface area (Å²) >= 11 is 3.34. The standard InChI is InChI=1S/C22H26BrN3O5/c1-26(14-20(27)24-12-5-13-30-2)22(29)18-6-3-4-7-19(18)31-15-21(28)25-17-10-8-16(23)9-11-17/h3-4,6-11H,5,12-15H2,1-2H3,(H,24,27)(H,25,28). The fourth-order valence-electron chi connectivity index (χ4n) is 2.64. The van der Waals surface area contributed by atoms with Crippen LogP contribution in [0.5, 0.6) is 5.75 Å². The maximum absolute atomic E-state index is 12.8. The number of carbonyl (C=O) groups excluding carboxylic acids is 3. The minimum Gasteiger partial charge on any atom is -0.483 e. The molecule has 2 aromatic rings.